The molecule has 0 spiro atoms. The van der Waals surface area contributed by atoms with Crippen LogP contribution in [0.1, 0.15) is 28.4 Å². The highest BCUT2D eigenvalue weighted by Crippen LogP contribution is 2.27. The number of anilines is 1. The minimum Gasteiger partial charge on any atom is -0.326 e. The molecule has 1 N–H and O–H groups in total. The highest BCUT2D eigenvalue weighted by molar-refractivity contribution is 9.10. The number of hydrogen-bond acceptors (Lipinski definition) is 4. The van der Waals surface area contributed by atoms with Crippen molar-refractivity contribution in [1.29, 1.82) is 0 Å². The molecule has 3 aromatic rings. The van der Waals surface area contributed by atoms with Gasteiger partial charge in [0.15, 0.2) is 15.6 Å². The lowest BCUT2D eigenvalue weighted by atomic mass is 10.0. The number of halogens is 2. The van der Waals surface area contributed by atoms with E-state index in [1.54, 1.807) is 61.5 Å². The first-order valence-electron chi connectivity index (χ1n) is 9.41. The summed E-state index contributed by atoms with van der Waals surface area (Å²) < 4.78 is 24.3. The van der Waals surface area contributed by atoms with Crippen molar-refractivity contribution in [2.24, 2.45) is 0 Å². The van der Waals surface area contributed by atoms with E-state index >= 15 is 0 Å². The lowest BCUT2D eigenvalue weighted by Crippen LogP contribution is -2.15. The number of hydrogen-bond donors (Lipinski definition) is 1. The average molecular weight is 521 g/mol. The monoisotopic (exact) mass is 519 g/mol. The quantitative estimate of drug-likeness (QED) is 0.428. The van der Waals surface area contributed by atoms with E-state index in [1.165, 1.54) is 12.1 Å². The lowest BCUT2D eigenvalue weighted by Gasteiger charge is -2.10. The fourth-order valence-electron chi connectivity index (χ4n) is 2.94. The van der Waals surface area contributed by atoms with E-state index in [9.17, 15) is 18.0 Å². The topological polar surface area (TPSA) is 80.3 Å². The van der Waals surface area contributed by atoms with Crippen LogP contribution in [0.4, 0.5) is 5.69 Å². The molecule has 8 heteroatoms. The minimum absolute atomic E-state index is 0.0245. The van der Waals surface area contributed by atoms with Gasteiger partial charge in [0.25, 0.3) is 0 Å². The minimum atomic E-state index is -3.27. The molecule has 0 aliphatic heterocycles. The van der Waals surface area contributed by atoms with Gasteiger partial charge in [-0.05, 0) is 64.0 Å². The van der Waals surface area contributed by atoms with Crippen LogP contribution >= 0.6 is 27.5 Å². The number of carbonyl (C=O) groups is 2. The van der Waals surface area contributed by atoms with E-state index in [4.69, 9.17) is 11.6 Å². The fraction of sp³-hybridized carbons (Fsp3) is 0.130. The molecule has 0 aromatic heterocycles. The van der Waals surface area contributed by atoms with Crippen molar-refractivity contribution in [2.45, 2.75) is 18.2 Å². The second-order valence-corrected chi connectivity index (χ2v) is 10.3. The summed E-state index contributed by atoms with van der Waals surface area (Å²) in [6.07, 6.45) is 0.0877. The molecular formula is C23H19BrClNO4S. The second kappa shape index (κ2) is 9.77. The first kappa shape index (κ1) is 23.2. The van der Waals surface area contributed by atoms with Gasteiger partial charge in [0.1, 0.15) is 0 Å². The molecule has 0 aliphatic rings. The molecule has 0 aliphatic carbocycles. The summed E-state index contributed by atoms with van der Waals surface area (Å²) in [5.74, 6) is -0.461. The maximum atomic E-state index is 12.7. The van der Waals surface area contributed by atoms with Crippen LogP contribution in [0.25, 0.3) is 0 Å². The Labute approximate surface area is 194 Å². The van der Waals surface area contributed by atoms with Crippen molar-refractivity contribution in [3.8, 4) is 0 Å². The first-order chi connectivity index (χ1) is 14.7. The summed E-state index contributed by atoms with van der Waals surface area (Å²) in [4.78, 5) is 25.4. The molecule has 0 saturated heterocycles. The zero-order valence-corrected chi connectivity index (χ0v) is 19.7. The van der Waals surface area contributed by atoms with E-state index < -0.39 is 9.84 Å². The van der Waals surface area contributed by atoms with Crippen LogP contribution in [0.5, 0.6) is 0 Å². The first-order valence-corrected chi connectivity index (χ1v) is 12.2. The summed E-state index contributed by atoms with van der Waals surface area (Å²) in [5.41, 5.74) is 2.05. The molecule has 0 bridgehead atoms. The summed E-state index contributed by atoms with van der Waals surface area (Å²) in [5, 5.41) is 3.15. The van der Waals surface area contributed by atoms with E-state index in [1.807, 2.05) is 0 Å². The summed E-state index contributed by atoms with van der Waals surface area (Å²) in [6, 6.07) is 18.0. The molecule has 0 fully saturated rings. The van der Waals surface area contributed by atoms with Crippen LogP contribution in [0.2, 0.25) is 5.02 Å². The third-order valence-electron chi connectivity index (χ3n) is 4.64. The van der Waals surface area contributed by atoms with E-state index in [-0.39, 0.29) is 28.8 Å². The Morgan fingerprint density at radius 2 is 1.65 bits per heavy atom. The molecule has 160 valence electrons. The van der Waals surface area contributed by atoms with E-state index in [0.29, 0.717) is 31.9 Å². The van der Waals surface area contributed by atoms with Gasteiger partial charge in [0.2, 0.25) is 5.91 Å². The lowest BCUT2D eigenvalue weighted by molar-refractivity contribution is -0.115. The molecule has 0 unspecified atom stereocenters. The number of benzene rings is 3. The predicted octanol–water partition coefficient (Wildman–Crippen LogP) is 5.31. The predicted molar refractivity (Wildman–Crippen MR) is 126 cm³/mol. The van der Waals surface area contributed by atoms with Crippen LogP contribution in [0.15, 0.2) is 76.1 Å². The summed E-state index contributed by atoms with van der Waals surface area (Å²) in [6.45, 7) is 1.59. The Morgan fingerprint density at radius 1 is 0.968 bits per heavy atom. The molecule has 1 amide bonds. The fourth-order valence-corrected chi connectivity index (χ4v) is 4.60. The Hall–Kier alpha value is -2.48. The Bertz CT molecular complexity index is 1240. The van der Waals surface area contributed by atoms with Gasteiger partial charge >= 0.3 is 0 Å². The van der Waals surface area contributed by atoms with Gasteiger partial charge in [-0.2, -0.15) is 0 Å². The SMILES string of the molecule is CCS(=O)(=O)c1ccc(CC(=O)Nc2ccc(C(=O)c3ccccc3Cl)c(Br)c2)cc1. The Kier molecular flexibility index (Phi) is 7.30. The molecule has 0 radical (unpaired) electrons. The van der Waals surface area contributed by atoms with Gasteiger partial charge in [-0.25, -0.2) is 8.42 Å². The molecular weight excluding hydrogens is 502 g/mol. The van der Waals surface area contributed by atoms with Crippen molar-refractivity contribution in [1.82, 2.24) is 0 Å². The molecule has 0 heterocycles. The van der Waals surface area contributed by atoms with Crippen LogP contribution in [0.3, 0.4) is 0 Å². The standard InChI is InChI=1S/C23H19BrClNO4S/c1-2-31(29,30)17-10-7-15(8-11-17)13-22(27)26-16-9-12-18(20(24)14-16)23(28)19-5-3-4-6-21(19)25/h3-12,14H,2,13H2,1H3,(H,26,27). The van der Waals surface area contributed by atoms with Gasteiger partial charge in [-0.1, -0.05) is 42.8 Å². The van der Waals surface area contributed by atoms with Crippen molar-refractivity contribution in [3.63, 3.8) is 0 Å². The van der Waals surface area contributed by atoms with Crippen molar-refractivity contribution in [3.05, 3.63) is 92.9 Å². The van der Waals surface area contributed by atoms with Gasteiger partial charge in [0.05, 0.1) is 22.1 Å². The van der Waals surface area contributed by atoms with E-state index in [2.05, 4.69) is 21.2 Å². The largest absolute Gasteiger partial charge is 0.326 e. The zero-order chi connectivity index (χ0) is 22.6. The molecule has 5 nitrogen and oxygen atoms in total. The molecule has 3 aromatic carbocycles. The van der Waals surface area contributed by atoms with Gasteiger partial charge in [-0.3, -0.25) is 9.59 Å². The summed E-state index contributed by atoms with van der Waals surface area (Å²) in [7, 11) is -3.27. The molecule has 0 atom stereocenters. The number of amides is 1. The maximum absolute atomic E-state index is 12.7. The van der Waals surface area contributed by atoms with Crippen LogP contribution in [-0.4, -0.2) is 25.9 Å². The van der Waals surface area contributed by atoms with Crippen molar-refractivity contribution < 1.29 is 18.0 Å². The normalized spacial score (nSPS) is 11.2. The smallest absolute Gasteiger partial charge is 0.228 e. The van der Waals surface area contributed by atoms with Crippen LogP contribution < -0.4 is 5.32 Å². The van der Waals surface area contributed by atoms with Crippen molar-refractivity contribution >= 4 is 54.7 Å². The molecule has 0 saturated carbocycles. The van der Waals surface area contributed by atoms with Gasteiger partial charge in [0, 0.05) is 21.3 Å². The Balaban J connectivity index is 1.69. The number of sulfone groups is 1. The number of nitrogens with one attached hydrogen (secondary N) is 1. The number of carbonyl (C=O) groups excluding carboxylic acids is 2. The highest BCUT2D eigenvalue weighted by Gasteiger charge is 2.16. The van der Waals surface area contributed by atoms with Crippen molar-refractivity contribution in [2.75, 3.05) is 11.1 Å². The average Bonchev–Trinajstić information content (AvgIpc) is 2.74. The number of rotatable bonds is 7. The van der Waals surface area contributed by atoms with Gasteiger partial charge in [-0.15, -0.1) is 0 Å². The van der Waals surface area contributed by atoms with Crippen LogP contribution in [0, 0.1) is 0 Å². The zero-order valence-electron chi connectivity index (χ0n) is 16.6. The summed E-state index contributed by atoms with van der Waals surface area (Å²) >= 11 is 9.50. The third-order valence-corrected chi connectivity index (χ3v) is 7.38. The number of ketones is 1. The third kappa shape index (κ3) is 5.61. The van der Waals surface area contributed by atoms with Crippen LogP contribution in [-0.2, 0) is 21.1 Å². The molecule has 31 heavy (non-hydrogen) atoms. The van der Waals surface area contributed by atoms with Gasteiger partial charge < -0.3 is 5.32 Å². The molecule has 3 rings (SSSR count). The highest BCUT2D eigenvalue weighted by atomic mass is 79.9. The maximum Gasteiger partial charge on any atom is 0.228 e. The second-order valence-electron chi connectivity index (χ2n) is 6.78. The Morgan fingerprint density at radius 3 is 2.26 bits per heavy atom. The van der Waals surface area contributed by atoms with E-state index in [0.717, 1.165) is 0 Å².